The van der Waals surface area contributed by atoms with Crippen molar-refractivity contribution in [3.8, 4) is 5.69 Å². The number of pyridine rings is 1. The number of amides is 1. The molecule has 0 bridgehead atoms. The van der Waals surface area contributed by atoms with Gasteiger partial charge >= 0.3 is 0 Å². The number of benzene rings is 1. The van der Waals surface area contributed by atoms with E-state index in [1.165, 1.54) is 22.9 Å². The molecule has 27 heavy (non-hydrogen) atoms. The number of anilines is 1. The smallest absolute Gasteiger partial charge is 0.293 e. The number of aryl methyl sites for hydroxylation is 2. The van der Waals surface area contributed by atoms with E-state index in [0.29, 0.717) is 22.9 Å². The molecule has 0 radical (unpaired) electrons. The molecule has 4 rings (SSSR count). The summed E-state index contributed by atoms with van der Waals surface area (Å²) >= 11 is 3.35. The van der Waals surface area contributed by atoms with Crippen LogP contribution in [0.2, 0.25) is 0 Å². The summed E-state index contributed by atoms with van der Waals surface area (Å²) in [5.74, 6) is -0.412. The Morgan fingerprint density at radius 1 is 1.30 bits per heavy atom. The molecule has 0 aliphatic heterocycles. The predicted molar refractivity (Wildman–Crippen MR) is 100 cm³/mol. The molecule has 0 aliphatic carbocycles. The summed E-state index contributed by atoms with van der Waals surface area (Å²) in [4.78, 5) is 20.6. The van der Waals surface area contributed by atoms with E-state index in [1.54, 1.807) is 26.2 Å². The number of hydrogen-bond donors (Lipinski definition) is 1. The molecule has 0 saturated carbocycles. The SMILES string of the molecule is Cc1nc(C)c(C(=O)Nc2ccc(F)c(-n3cc4cc(Br)cnc4n3)c2)o1. The van der Waals surface area contributed by atoms with Crippen molar-refractivity contribution in [3.05, 3.63) is 64.3 Å². The second-order valence-electron chi connectivity index (χ2n) is 5.91. The van der Waals surface area contributed by atoms with E-state index >= 15 is 0 Å². The summed E-state index contributed by atoms with van der Waals surface area (Å²) in [6.45, 7) is 3.34. The highest BCUT2D eigenvalue weighted by Crippen LogP contribution is 2.23. The minimum absolute atomic E-state index is 0.122. The topological polar surface area (TPSA) is 85.8 Å². The number of nitrogens with one attached hydrogen (secondary N) is 1. The first kappa shape index (κ1) is 17.3. The highest BCUT2D eigenvalue weighted by atomic mass is 79.9. The second-order valence-corrected chi connectivity index (χ2v) is 6.82. The van der Waals surface area contributed by atoms with Crippen molar-refractivity contribution < 1.29 is 13.6 Å². The zero-order valence-electron chi connectivity index (χ0n) is 14.3. The van der Waals surface area contributed by atoms with Crippen LogP contribution in [0.3, 0.4) is 0 Å². The van der Waals surface area contributed by atoms with Crippen LogP contribution in [0.5, 0.6) is 0 Å². The summed E-state index contributed by atoms with van der Waals surface area (Å²) < 4.78 is 21.9. The van der Waals surface area contributed by atoms with Gasteiger partial charge in [0.25, 0.3) is 5.91 Å². The van der Waals surface area contributed by atoms with Crippen molar-refractivity contribution in [1.82, 2.24) is 19.7 Å². The van der Waals surface area contributed by atoms with Crippen LogP contribution in [0.15, 0.2) is 45.5 Å². The van der Waals surface area contributed by atoms with Gasteiger partial charge in [-0.2, -0.15) is 0 Å². The molecule has 0 atom stereocenters. The molecule has 1 N–H and O–H groups in total. The van der Waals surface area contributed by atoms with E-state index in [0.717, 1.165) is 9.86 Å². The van der Waals surface area contributed by atoms with Crippen LogP contribution >= 0.6 is 15.9 Å². The highest BCUT2D eigenvalue weighted by Gasteiger charge is 2.17. The Morgan fingerprint density at radius 2 is 2.11 bits per heavy atom. The van der Waals surface area contributed by atoms with Gasteiger partial charge in [0.05, 0.1) is 5.69 Å². The molecule has 136 valence electrons. The molecule has 7 nitrogen and oxygen atoms in total. The molecule has 1 amide bonds. The largest absolute Gasteiger partial charge is 0.436 e. The molecule has 0 unspecified atom stereocenters. The minimum Gasteiger partial charge on any atom is -0.436 e. The first-order chi connectivity index (χ1) is 12.9. The number of hydrogen-bond acceptors (Lipinski definition) is 5. The number of carbonyl (C=O) groups excluding carboxylic acids is 1. The van der Waals surface area contributed by atoms with Gasteiger partial charge in [0, 0.05) is 34.9 Å². The molecular weight excluding hydrogens is 417 g/mol. The molecule has 1 aromatic carbocycles. The lowest BCUT2D eigenvalue weighted by atomic mass is 10.2. The van der Waals surface area contributed by atoms with Crippen LogP contribution in [0, 0.1) is 19.7 Å². The maximum Gasteiger partial charge on any atom is 0.293 e. The molecule has 0 fully saturated rings. The van der Waals surface area contributed by atoms with Crippen LogP contribution in [0.1, 0.15) is 22.1 Å². The van der Waals surface area contributed by atoms with Crippen molar-refractivity contribution in [2.24, 2.45) is 0 Å². The number of rotatable bonds is 3. The molecule has 0 aliphatic rings. The lowest BCUT2D eigenvalue weighted by molar-refractivity contribution is 0.0994. The Balaban J connectivity index is 1.68. The van der Waals surface area contributed by atoms with Crippen LogP contribution in [0.4, 0.5) is 10.1 Å². The van der Waals surface area contributed by atoms with Gasteiger partial charge in [-0.25, -0.2) is 19.0 Å². The van der Waals surface area contributed by atoms with E-state index in [2.05, 4.69) is 36.3 Å². The predicted octanol–water partition coefficient (Wildman–Crippen LogP) is 4.18. The number of fused-ring (bicyclic) bond motifs is 1. The zero-order valence-corrected chi connectivity index (χ0v) is 15.9. The number of aromatic nitrogens is 4. The standard InChI is InChI=1S/C18H13BrFN5O2/c1-9-16(27-10(2)22-9)18(26)23-13-3-4-14(20)15(6-13)25-8-11-5-12(19)7-21-17(11)24-25/h3-8H,1-2H3,(H,23,26). The van der Waals surface area contributed by atoms with Crippen LogP contribution in [-0.4, -0.2) is 25.7 Å². The minimum atomic E-state index is -0.480. The highest BCUT2D eigenvalue weighted by molar-refractivity contribution is 9.10. The Hall–Kier alpha value is -3.07. The van der Waals surface area contributed by atoms with Crippen molar-refractivity contribution in [3.63, 3.8) is 0 Å². The fourth-order valence-corrected chi connectivity index (χ4v) is 3.06. The van der Waals surface area contributed by atoms with Crippen LogP contribution in [0.25, 0.3) is 16.7 Å². The lowest BCUT2D eigenvalue weighted by Crippen LogP contribution is -2.13. The van der Waals surface area contributed by atoms with Crippen molar-refractivity contribution in [1.29, 1.82) is 0 Å². The quantitative estimate of drug-likeness (QED) is 0.527. The maximum absolute atomic E-state index is 14.4. The average molecular weight is 430 g/mol. The average Bonchev–Trinajstić information content (AvgIpc) is 3.18. The fraction of sp³-hybridized carbons (Fsp3) is 0.111. The number of carbonyl (C=O) groups is 1. The van der Waals surface area contributed by atoms with Crippen LogP contribution < -0.4 is 5.32 Å². The summed E-state index contributed by atoms with van der Waals surface area (Å²) in [6.07, 6.45) is 3.29. The Kier molecular flexibility index (Phi) is 4.23. The first-order valence-electron chi connectivity index (χ1n) is 7.97. The summed E-state index contributed by atoms with van der Waals surface area (Å²) in [6, 6.07) is 6.06. The van der Waals surface area contributed by atoms with Crippen LogP contribution in [-0.2, 0) is 0 Å². The molecule has 9 heteroatoms. The van der Waals surface area contributed by atoms with Crippen molar-refractivity contribution in [2.45, 2.75) is 13.8 Å². The molecule has 0 saturated heterocycles. The summed E-state index contributed by atoms with van der Waals surface area (Å²) in [5, 5.41) is 7.73. The number of oxazole rings is 1. The zero-order chi connectivity index (χ0) is 19.1. The Morgan fingerprint density at radius 3 is 2.85 bits per heavy atom. The maximum atomic E-state index is 14.4. The third-order valence-corrected chi connectivity index (χ3v) is 4.32. The number of nitrogens with zero attached hydrogens (tertiary/aromatic N) is 4. The van der Waals surface area contributed by atoms with Gasteiger partial charge in [-0.1, -0.05) is 0 Å². The third-order valence-electron chi connectivity index (χ3n) is 3.89. The van der Waals surface area contributed by atoms with E-state index < -0.39 is 11.7 Å². The van der Waals surface area contributed by atoms with Gasteiger partial charge in [-0.15, -0.1) is 5.10 Å². The molecular formula is C18H13BrFN5O2. The van der Waals surface area contributed by atoms with Gasteiger partial charge in [-0.05, 0) is 47.1 Å². The molecule has 0 spiro atoms. The molecule has 4 aromatic rings. The summed E-state index contributed by atoms with van der Waals surface area (Å²) in [7, 11) is 0. The third kappa shape index (κ3) is 3.33. The van der Waals surface area contributed by atoms with E-state index in [4.69, 9.17) is 4.42 Å². The fourth-order valence-electron chi connectivity index (χ4n) is 2.71. The van der Waals surface area contributed by atoms with E-state index in [9.17, 15) is 9.18 Å². The van der Waals surface area contributed by atoms with Gasteiger partial charge in [0.2, 0.25) is 5.76 Å². The second kappa shape index (κ2) is 6.58. The normalized spacial score (nSPS) is 11.1. The van der Waals surface area contributed by atoms with E-state index in [1.807, 2.05) is 6.07 Å². The van der Waals surface area contributed by atoms with Gasteiger partial charge < -0.3 is 9.73 Å². The Labute approximate surface area is 161 Å². The van der Waals surface area contributed by atoms with Crippen molar-refractivity contribution >= 4 is 38.6 Å². The van der Waals surface area contributed by atoms with Gasteiger partial charge in [0.1, 0.15) is 11.5 Å². The van der Waals surface area contributed by atoms with Crippen molar-refractivity contribution in [2.75, 3.05) is 5.32 Å². The van der Waals surface area contributed by atoms with E-state index in [-0.39, 0.29) is 11.4 Å². The van der Waals surface area contributed by atoms with Gasteiger partial charge in [-0.3, -0.25) is 4.79 Å². The molecule has 3 heterocycles. The monoisotopic (exact) mass is 429 g/mol. The van der Waals surface area contributed by atoms with Gasteiger partial charge in [0.15, 0.2) is 11.5 Å². The first-order valence-corrected chi connectivity index (χ1v) is 8.76. The molecule has 3 aromatic heterocycles. The Bertz CT molecular complexity index is 1180. The summed E-state index contributed by atoms with van der Waals surface area (Å²) in [5.41, 5.74) is 1.56. The lowest BCUT2D eigenvalue weighted by Gasteiger charge is -2.08. The number of halogens is 2.